The van der Waals surface area contributed by atoms with Crippen LogP contribution in [-0.4, -0.2) is 15.9 Å². The van der Waals surface area contributed by atoms with Crippen molar-refractivity contribution in [3.63, 3.8) is 0 Å². The molecule has 0 bridgehead atoms. The maximum Gasteiger partial charge on any atom is 0.338 e. The highest BCUT2D eigenvalue weighted by atomic mass is 16.5. The molecule has 0 saturated carbocycles. The number of hydrogen-bond acceptors (Lipinski definition) is 4. The Kier molecular flexibility index (Phi) is 10.7. The van der Waals surface area contributed by atoms with E-state index in [9.17, 15) is 4.79 Å². The van der Waals surface area contributed by atoms with E-state index in [-0.39, 0.29) is 11.9 Å². The Balaban J connectivity index is 1.73. The van der Waals surface area contributed by atoms with Crippen LogP contribution in [0.3, 0.4) is 0 Å². The van der Waals surface area contributed by atoms with Crippen LogP contribution in [0.2, 0.25) is 0 Å². The maximum atomic E-state index is 12.1. The first-order chi connectivity index (χ1) is 14.2. The summed E-state index contributed by atoms with van der Waals surface area (Å²) < 4.78 is 5.23. The molecule has 0 saturated heterocycles. The molecule has 29 heavy (non-hydrogen) atoms. The standard InChI is InChI=1S/C25H34N2O2/c1-3-5-6-7-8-9-11-14-21-19-26-25(27-20-21)29-24(28)18-17-22(4-2)23-15-12-10-13-16-23/h10,12-13,15-20,22H,3-9,11,14H2,1-2H3. The molecular weight excluding hydrogens is 360 g/mol. The van der Waals surface area contributed by atoms with Crippen LogP contribution in [0.4, 0.5) is 0 Å². The highest BCUT2D eigenvalue weighted by Crippen LogP contribution is 2.20. The molecule has 1 aromatic heterocycles. The quantitative estimate of drug-likeness (QED) is 0.223. The Morgan fingerprint density at radius 2 is 1.62 bits per heavy atom. The topological polar surface area (TPSA) is 52.1 Å². The number of carbonyl (C=O) groups excluding carboxylic acids is 1. The van der Waals surface area contributed by atoms with Crippen LogP contribution in [-0.2, 0) is 11.2 Å². The van der Waals surface area contributed by atoms with Gasteiger partial charge in [-0.1, -0.05) is 88.8 Å². The molecule has 1 atom stereocenters. The van der Waals surface area contributed by atoms with E-state index in [4.69, 9.17) is 4.74 Å². The minimum atomic E-state index is -0.445. The molecular formula is C25H34N2O2. The van der Waals surface area contributed by atoms with Crippen molar-refractivity contribution in [3.8, 4) is 6.01 Å². The minimum Gasteiger partial charge on any atom is -0.388 e. The van der Waals surface area contributed by atoms with Crippen molar-refractivity contribution in [1.82, 2.24) is 9.97 Å². The SMILES string of the molecule is CCCCCCCCCc1cnc(OC(=O)C=CC(CC)c2ccccc2)nc1. The number of aryl methyl sites for hydroxylation is 1. The second-order valence-corrected chi connectivity index (χ2v) is 7.45. The van der Waals surface area contributed by atoms with E-state index in [0.29, 0.717) is 0 Å². The summed E-state index contributed by atoms with van der Waals surface area (Å²) in [7, 11) is 0. The molecule has 1 unspecified atom stereocenters. The lowest BCUT2D eigenvalue weighted by Crippen LogP contribution is -2.07. The third-order valence-corrected chi connectivity index (χ3v) is 5.07. The molecule has 4 nitrogen and oxygen atoms in total. The highest BCUT2D eigenvalue weighted by molar-refractivity contribution is 5.83. The molecule has 0 aliphatic heterocycles. The van der Waals surface area contributed by atoms with Gasteiger partial charge in [0.1, 0.15) is 0 Å². The fraction of sp³-hybridized carbons (Fsp3) is 0.480. The molecule has 4 heteroatoms. The Bertz CT molecular complexity index is 726. The van der Waals surface area contributed by atoms with Crippen LogP contribution in [0, 0.1) is 0 Å². The smallest absolute Gasteiger partial charge is 0.338 e. The molecule has 1 heterocycles. The predicted molar refractivity (Wildman–Crippen MR) is 118 cm³/mol. The van der Waals surface area contributed by atoms with Gasteiger partial charge >= 0.3 is 12.0 Å². The summed E-state index contributed by atoms with van der Waals surface area (Å²) in [6, 6.07) is 10.2. The van der Waals surface area contributed by atoms with Crippen molar-refractivity contribution >= 4 is 5.97 Å². The molecule has 1 aromatic carbocycles. The van der Waals surface area contributed by atoms with E-state index in [1.807, 2.05) is 24.3 Å². The van der Waals surface area contributed by atoms with Gasteiger partial charge in [-0.15, -0.1) is 0 Å². The number of allylic oxidation sites excluding steroid dienone is 1. The molecule has 2 aromatic rings. The van der Waals surface area contributed by atoms with Crippen LogP contribution in [0.25, 0.3) is 0 Å². The number of carbonyl (C=O) groups is 1. The van der Waals surface area contributed by atoms with E-state index in [0.717, 1.165) is 24.8 Å². The normalized spacial score (nSPS) is 12.2. The molecule has 0 amide bonds. The average Bonchev–Trinajstić information content (AvgIpc) is 2.75. The van der Waals surface area contributed by atoms with Gasteiger partial charge in [-0.25, -0.2) is 14.8 Å². The van der Waals surface area contributed by atoms with Crippen molar-refractivity contribution in [2.75, 3.05) is 0 Å². The first kappa shape index (κ1) is 22.8. The number of unbranched alkanes of at least 4 members (excludes halogenated alkanes) is 6. The van der Waals surface area contributed by atoms with Gasteiger partial charge in [-0.05, 0) is 30.4 Å². The van der Waals surface area contributed by atoms with Crippen LogP contribution in [0.1, 0.15) is 82.3 Å². The lowest BCUT2D eigenvalue weighted by Gasteiger charge is -2.09. The van der Waals surface area contributed by atoms with Crippen molar-refractivity contribution in [2.45, 2.75) is 77.6 Å². The van der Waals surface area contributed by atoms with Gasteiger partial charge in [-0.3, -0.25) is 0 Å². The fourth-order valence-corrected chi connectivity index (χ4v) is 3.31. The lowest BCUT2D eigenvalue weighted by molar-refractivity contribution is -0.129. The highest BCUT2D eigenvalue weighted by Gasteiger charge is 2.08. The summed E-state index contributed by atoms with van der Waals surface area (Å²) in [6.45, 7) is 4.34. The van der Waals surface area contributed by atoms with Gasteiger partial charge in [0, 0.05) is 24.4 Å². The number of benzene rings is 1. The summed E-state index contributed by atoms with van der Waals surface area (Å²) in [5.74, 6) is -0.256. The minimum absolute atomic E-state index is 0.107. The molecule has 0 aliphatic rings. The van der Waals surface area contributed by atoms with Gasteiger partial charge < -0.3 is 4.74 Å². The zero-order valence-corrected chi connectivity index (χ0v) is 17.8. The summed E-state index contributed by atoms with van der Waals surface area (Å²) in [5.41, 5.74) is 2.27. The number of ether oxygens (including phenoxy) is 1. The van der Waals surface area contributed by atoms with Crippen molar-refractivity contribution in [2.24, 2.45) is 0 Å². The van der Waals surface area contributed by atoms with Crippen LogP contribution in [0.15, 0.2) is 54.9 Å². The monoisotopic (exact) mass is 394 g/mol. The van der Waals surface area contributed by atoms with Crippen LogP contribution < -0.4 is 4.74 Å². The molecule has 0 N–H and O–H groups in total. The molecule has 0 fully saturated rings. The van der Waals surface area contributed by atoms with Crippen molar-refractivity contribution in [1.29, 1.82) is 0 Å². The molecule has 0 aliphatic carbocycles. The number of nitrogens with zero attached hydrogens (tertiary/aromatic N) is 2. The Labute approximate surface area is 175 Å². The van der Waals surface area contributed by atoms with E-state index in [1.54, 1.807) is 12.4 Å². The predicted octanol–water partition coefficient (Wildman–Crippen LogP) is 6.43. The fourth-order valence-electron chi connectivity index (χ4n) is 3.31. The first-order valence-corrected chi connectivity index (χ1v) is 11.0. The van der Waals surface area contributed by atoms with Crippen LogP contribution >= 0.6 is 0 Å². The van der Waals surface area contributed by atoms with Crippen molar-refractivity contribution < 1.29 is 9.53 Å². The number of rotatable bonds is 13. The zero-order chi connectivity index (χ0) is 20.7. The van der Waals surface area contributed by atoms with Gasteiger partial charge in [0.25, 0.3) is 0 Å². The van der Waals surface area contributed by atoms with Crippen LogP contribution in [0.5, 0.6) is 6.01 Å². The van der Waals surface area contributed by atoms with E-state index >= 15 is 0 Å². The molecule has 156 valence electrons. The van der Waals surface area contributed by atoms with Crippen molar-refractivity contribution in [3.05, 3.63) is 66.0 Å². The lowest BCUT2D eigenvalue weighted by atomic mass is 9.96. The Hall–Kier alpha value is -2.49. The first-order valence-electron chi connectivity index (χ1n) is 11.0. The van der Waals surface area contributed by atoms with Gasteiger partial charge in [0.05, 0.1) is 0 Å². The third-order valence-electron chi connectivity index (χ3n) is 5.07. The zero-order valence-electron chi connectivity index (χ0n) is 17.8. The number of esters is 1. The third kappa shape index (κ3) is 9.03. The largest absolute Gasteiger partial charge is 0.388 e. The summed E-state index contributed by atoms with van der Waals surface area (Å²) in [6.07, 6.45) is 17.7. The van der Waals surface area contributed by atoms with E-state index in [2.05, 4.69) is 35.9 Å². The van der Waals surface area contributed by atoms with E-state index < -0.39 is 5.97 Å². The molecule has 2 rings (SSSR count). The second-order valence-electron chi connectivity index (χ2n) is 7.45. The number of hydrogen-bond donors (Lipinski definition) is 0. The average molecular weight is 395 g/mol. The Morgan fingerprint density at radius 3 is 2.28 bits per heavy atom. The Morgan fingerprint density at radius 1 is 0.966 bits per heavy atom. The summed E-state index contributed by atoms with van der Waals surface area (Å²) in [4.78, 5) is 20.4. The van der Waals surface area contributed by atoms with E-state index in [1.165, 1.54) is 50.2 Å². The molecule has 0 radical (unpaired) electrons. The maximum absolute atomic E-state index is 12.1. The number of aromatic nitrogens is 2. The van der Waals surface area contributed by atoms with Gasteiger partial charge in [-0.2, -0.15) is 0 Å². The molecule has 0 spiro atoms. The van der Waals surface area contributed by atoms with Gasteiger partial charge in [0.15, 0.2) is 0 Å². The van der Waals surface area contributed by atoms with Gasteiger partial charge in [0.2, 0.25) is 0 Å². The second kappa shape index (κ2) is 13.6. The summed E-state index contributed by atoms with van der Waals surface area (Å²) >= 11 is 0. The summed E-state index contributed by atoms with van der Waals surface area (Å²) in [5, 5.41) is 0.